The SMILES string of the molecule is CCCCCCOc1ccc(-c2nnc(-c3ccc(C(=O)NC4CC(O)CNC(=O)C5C(O)C(C)CN5C(=O)C(C(O)CC(N)=O)NC(=O)C(C(O)C(O)c5ccc(O)c(OSOO[O-])c5)NC(=O)C5CC(O)CN5C(=O)C(C(C)O)NC4=O)cc3)s2)cc1.[Na+]. The van der Waals surface area contributed by atoms with Crippen LogP contribution < -0.4 is 76.1 Å². The molecule has 3 aliphatic rings. The molecule has 1 aromatic heterocycles. The number of aromatic hydroxyl groups is 1. The summed E-state index contributed by atoms with van der Waals surface area (Å²) in [5.74, 6) is -11.3. The Morgan fingerprint density at radius 2 is 1.43 bits per heavy atom. The van der Waals surface area contributed by atoms with Crippen molar-refractivity contribution in [2.75, 3.05) is 26.2 Å². The van der Waals surface area contributed by atoms with Crippen molar-refractivity contribution < 1.29 is 132 Å². The van der Waals surface area contributed by atoms with Crippen LogP contribution in [-0.4, -0.2) is 207 Å². The van der Waals surface area contributed by atoms with Gasteiger partial charge in [0, 0.05) is 55.1 Å². The molecule has 0 aliphatic carbocycles. The van der Waals surface area contributed by atoms with Gasteiger partial charge < -0.3 is 97.1 Å². The molecule has 15 N–H and O–H groups in total. The molecular formula is C56H71N10NaO21S2. The molecule has 3 aromatic carbocycles. The maximum atomic E-state index is 14.7. The fourth-order valence-corrected chi connectivity index (χ4v) is 11.4. The number of nitrogens with zero attached hydrogens (tertiary/aromatic N) is 4. The van der Waals surface area contributed by atoms with Gasteiger partial charge in [0.05, 0.1) is 43.5 Å². The fraction of sp³-hybridized carbons (Fsp3) is 0.500. The Hall–Kier alpha value is -6.67. The number of carbonyl (C=O) groups is 8. The molecule has 0 spiro atoms. The van der Waals surface area contributed by atoms with E-state index in [1.54, 1.807) is 12.1 Å². The number of β-amino-alcohol motifs (C(OH)–C–C–N with tert-alkyl or cyclic N) is 1. The van der Waals surface area contributed by atoms with Gasteiger partial charge in [-0.15, -0.1) is 14.5 Å². The van der Waals surface area contributed by atoms with E-state index in [0.29, 0.717) is 27.9 Å². The topological polar surface area (TPSA) is 477 Å². The molecule has 3 saturated heterocycles. The number of fused-ring (bicyclic) bond motifs is 2. The molecule has 0 bridgehead atoms. The van der Waals surface area contributed by atoms with E-state index < -0.39 is 183 Å². The first-order valence-electron chi connectivity index (χ1n) is 28.4. The second-order valence-electron chi connectivity index (χ2n) is 21.8. The number of unbranched alkanes of at least 4 members (excludes halogenated alkanes) is 3. The summed E-state index contributed by atoms with van der Waals surface area (Å²) >= 11 is 1.19. The zero-order valence-corrected chi connectivity index (χ0v) is 52.9. The minimum atomic E-state index is -2.54. The number of ether oxygens (including phenoxy) is 1. The second-order valence-corrected chi connectivity index (χ2v) is 23.2. The molecule has 3 aliphatic heterocycles. The van der Waals surface area contributed by atoms with Crippen LogP contribution in [0, 0.1) is 5.92 Å². The number of amides is 8. The van der Waals surface area contributed by atoms with E-state index in [-0.39, 0.29) is 53.0 Å². The van der Waals surface area contributed by atoms with E-state index in [9.17, 15) is 84.5 Å². The van der Waals surface area contributed by atoms with Crippen molar-refractivity contribution in [2.24, 2.45) is 11.7 Å². The summed E-state index contributed by atoms with van der Waals surface area (Å²) in [5.41, 5.74) is 6.36. The average molecular weight is 1310 g/mol. The number of phenols is 1. The summed E-state index contributed by atoms with van der Waals surface area (Å²) in [7, 11) is 0. The number of aliphatic hydroxyl groups excluding tert-OH is 7. The molecule has 7 rings (SSSR count). The largest absolute Gasteiger partial charge is 1.00 e. The molecule has 8 amide bonds. The Morgan fingerprint density at radius 1 is 0.800 bits per heavy atom. The monoisotopic (exact) mass is 1310 g/mol. The predicted octanol–water partition coefficient (Wildman–Crippen LogP) is -5.98. The summed E-state index contributed by atoms with van der Waals surface area (Å²) in [6, 6.07) is 3.98. The number of rotatable bonds is 21. The van der Waals surface area contributed by atoms with Crippen molar-refractivity contribution >= 4 is 70.9 Å². The van der Waals surface area contributed by atoms with E-state index in [4.69, 9.17) is 14.7 Å². The van der Waals surface area contributed by atoms with Crippen LogP contribution in [0.15, 0.2) is 66.7 Å². The number of nitrogens with one attached hydrogen (secondary N) is 5. The summed E-state index contributed by atoms with van der Waals surface area (Å²) in [6.07, 6.45) is -11.9. The fourth-order valence-electron chi connectivity index (χ4n) is 10.3. The van der Waals surface area contributed by atoms with Gasteiger partial charge in [-0.25, -0.2) is 0 Å². The maximum Gasteiger partial charge on any atom is 1.00 e. The number of aliphatic hydroxyl groups is 7. The van der Waals surface area contributed by atoms with Crippen LogP contribution in [0.25, 0.3) is 21.1 Å². The Kier molecular flexibility index (Phi) is 27.0. The summed E-state index contributed by atoms with van der Waals surface area (Å²) in [5, 5.41) is 125. The third-order valence-corrected chi connectivity index (χ3v) is 16.5. The molecule has 3 fully saturated rings. The smallest absolute Gasteiger partial charge is 0.691 e. The number of primary amides is 1. The molecule has 14 atom stereocenters. The van der Waals surface area contributed by atoms with Crippen molar-refractivity contribution in [3.63, 3.8) is 0 Å². The molecular weight excluding hydrogens is 1240 g/mol. The molecule has 484 valence electrons. The number of benzene rings is 3. The minimum Gasteiger partial charge on any atom is -0.691 e. The summed E-state index contributed by atoms with van der Waals surface area (Å²) in [6.45, 7) is 3.41. The van der Waals surface area contributed by atoms with Crippen molar-refractivity contribution in [1.29, 1.82) is 0 Å². The van der Waals surface area contributed by atoms with Crippen molar-refractivity contribution in [1.82, 2.24) is 46.6 Å². The van der Waals surface area contributed by atoms with Crippen molar-refractivity contribution in [3.05, 3.63) is 77.9 Å². The van der Waals surface area contributed by atoms with Crippen LogP contribution in [0.1, 0.15) is 87.7 Å². The zero-order valence-electron chi connectivity index (χ0n) is 49.3. The molecule has 14 unspecified atom stereocenters. The Labute approximate surface area is 545 Å². The van der Waals surface area contributed by atoms with Gasteiger partial charge in [-0.3, -0.25) is 43.4 Å². The van der Waals surface area contributed by atoms with Crippen LogP contribution in [-0.2, 0) is 42.9 Å². The van der Waals surface area contributed by atoms with E-state index >= 15 is 0 Å². The normalized spacial score (nSPS) is 25.1. The summed E-state index contributed by atoms with van der Waals surface area (Å²) in [4.78, 5) is 115. The number of carbonyl (C=O) groups excluding carboxylic acids is 8. The number of nitrogens with two attached hydrogens (primary N) is 1. The van der Waals surface area contributed by atoms with Crippen LogP contribution >= 0.6 is 23.7 Å². The van der Waals surface area contributed by atoms with E-state index in [0.717, 1.165) is 66.2 Å². The van der Waals surface area contributed by atoms with Crippen molar-refractivity contribution in [2.45, 2.75) is 145 Å². The molecule has 90 heavy (non-hydrogen) atoms. The molecule has 31 nitrogen and oxygen atoms in total. The van der Waals surface area contributed by atoms with Crippen LogP contribution in [0.4, 0.5) is 0 Å². The molecule has 4 heterocycles. The third-order valence-electron chi connectivity index (χ3n) is 15.1. The van der Waals surface area contributed by atoms with Gasteiger partial charge >= 0.3 is 29.6 Å². The number of hydrogen-bond donors (Lipinski definition) is 14. The van der Waals surface area contributed by atoms with Crippen molar-refractivity contribution in [3.8, 4) is 38.4 Å². The Bertz CT molecular complexity index is 3140. The van der Waals surface area contributed by atoms with Gasteiger partial charge in [-0.05, 0) is 67.4 Å². The van der Waals surface area contributed by atoms with Gasteiger partial charge in [0.15, 0.2) is 11.5 Å². The molecule has 4 aromatic rings. The zero-order chi connectivity index (χ0) is 64.8. The van der Waals surface area contributed by atoms with Crippen LogP contribution in [0.2, 0.25) is 0 Å². The number of aromatic nitrogens is 2. The number of phenolic OH excluding ortho intramolecular Hbond substituents is 1. The van der Waals surface area contributed by atoms with Crippen LogP contribution in [0.5, 0.6) is 17.2 Å². The maximum absolute atomic E-state index is 14.7. The molecule has 0 saturated carbocycles. The quantitative estimate of drug-likeness (QED) is 0.0121. The third kappa shape index (κ3) is 18.5. The van der Waals surface area contributed by atoms with Crippen LogP contribution in [0.3, 0.4) is 0 Å². The van der Waals surface area contributed by atoms with E-state index in [1.165, 1.54) is 30.4 Å². The predicted molar refractivity (Wildman–Crippen MR) is 309 cm³/mol. The summed E-state index contributed by atoms with van der Waals surface area (Å²) < 4.78 is 14.9. The van der Waals surface area contributed by atoms with Gasteiger partial charge in [0.2, 0.25) is 41.4 Å². The first-order valence-corrected chi connectivity index (χ1v) is 29.8. The minimum absolute atomic E-state index is 0. The standard InChI is InChI=1S/C56H72N10O21S2.Na/c1-4-5-6-7-18-84-34-15-12-30(13-16-34)54-64-63-53(88-54)29-10-8-28(9-11-29)48(76)59-35-20-32(68)23-58-52(80)44-45(73)26(2)24-66(44)56(82)42(38(71)22-40(57)72)61-51(79)43(47(75)46(74)31-14-17-37(70)39(19-31)85-89-87-86-83)62-50(78)36-21-33(69)25-65(36)55(81)41(27(3)67)60-49(35)77;/h8-17,19,26-27,32-33,35-36,38,41-47,67-71,73-75,83H,4-7,18,20-25H2,1-3H3,(H2,57,72)(H,58,80)(H,59,76)(H,60,77)(H,61,79)(H,62,78);/q;+1/p-1. The van der Waals surface area contributed by atoms with Gasteiger partial charge in [0.25, 0.3) is 18.2 Å². The molecule has 0 radical (unpaired) electrons. The van der Waals surface area contributed by atoms with E-state index in [1.807, 2.05) is 24.3 Å². The number of hydrogen-bond acceptors (Lipinski definition) is 25. The first-order chi connectivity index (χ1) is 42.4. The van der Waals surface area contributed by atoms with E-state index in [2.05, 4.69) is 53.1 Å². The Balaban J connectivity index is 0.0000129. The second kappa shape index (κ2) is 33.6. The van der Waals surface area contributed by atoms with Gasteiger partial charge in [0.1, 0.15) is 64.2 Å². The average Bonchev–Trinajstić information content (AvgIpc) is 2.25. The van der Waals surface area contributed by atoms with Gasteiger partial charge in [-0.1, -0.05) is 62.6 Å². The first kappa shape index (κ1) is 72.4. The molecule has 34 heteroatoms. The van der Waals surface area contributed by atoms with Gasteiger partial charge in [-0.2, -0.15) is 0 Å². The Morgan fingerprint density at radius 3 is 2.07 bits per heavy atom.